The zero-order valence-corrected chi connectivity index (χ0v) is 13.4. The van der Waals surface area contributed by atoms with E-state index in [1.54, 1.807) is 0 Å². The monoisotopic (exact) mass is 329 g/mol. The highest BCUT2D eigenvalue weighted by Gasteiger charge is 2.45. The summed E-state index contributed by atoms with van der Waals surface area (Å²) < 4.78 is 2.22. The van der Waals surface area contributed by atoms with Gasteiger partial charge in [-0.25, -0.2) is 0 Å². The van der Waals surface area contributed by atoms with E-state index < -0.39 is 5.54 Å². The molecule has 0 bridgehead atoms. The van der Waals surface area contributed by atoms with Crippen molar-refractivity contribution >= 4 is 41.6 Å². The van der Waals surface area contributed by atoms with E-state index in [9.17, 15) is 4.79 Å². The molecule has 6 heteroatoms. The van der Waals surface area contributed by atoms with Crippen molar-refractivity contribution in [3.8, 4) is 0 Å². The molecule has 0 radical (unpaired) electrons. The van der Waals surface area contributed by atoms with E-state index in [0.29, 0.717) is 6.54 Å². The van der Waals surface area contributed by atoms with Crippen molar-refractivity contribution in [3.63, 3.8) is 0 Å². The van der Waals surface area contributed by atoms with Crippen LogP contribution in [0.3, 0.4) is 0 Å². The lowest BCUT2D eigenvalue weighted by molar-refractivity contribution is -0.123. The summed E-state index contributed by atoms with van der Waals surface area (Å²) in [5.74, 6) is 0.00450. The molecule has 116 valence electrons. The molecule has 1 aromatic carbocycles. The number of rotatable bonds is 5. The van der Waals surface area contributed by atoms with Gasteiger partial charge in [-0.3, -0.25) is 4.79 Å². The van der Waals surface area contributed by atoms with Crippen LogP contribution < -0.4 is 11.1 Å². The lowest BCUT2D eigenvalue weighted by Gasteiger charge is -2.10. The molecule has 0 atom stereocenters. The number of benzene rings is 1. The summed E-state index contributed by atoms with van der Waals surface area (Å²) in [6.07, 6.45) is 4.65. The number of fused-ring (bicyclic) bond motifs is 1. The summed E-state index contributed by atoms with van der Waals surface area (Å²) in [4.78, 5) is 11.7. The predicted octanol–water partition coefficient (Wildman–Crippen LogP) is 2.48. The molecule has 0 aliphatic heterocycles. The van der Waals surface area contributed by atoms with E-state index in [4.69, 9.17) is 5.73 Å². The van der Waals surface area contributed by atoms with Crippen LogP contribution in [0.4, 0.5) is 0 Å². The third kappa shape index (κ3) is 3.90. The summed E-state index contributed by atoms with van der Waals surface area (Å²) in [5, 5.41) is 4.17. The molecule has 0 saturated heterocycles. The van der Waals surface area contributed by atoms with Gasteiger partial charge in [0.05, 0.1) is 5.54 Å². The normalized spacial score (nSPS) is 14.9. The summed E-state index contributed by atoms with van der Waals surface area (Å²) in [6, 6.07) is 10.4. The van der Waals surface area contributed by atoms with Crippen molar-refractivity contribution < 1.29 is 4.79 Å². The van der Waals surface area contributed by atoms with Gasteiger partial charge in [0.15, 0.2) is 0 Å². The van der Waals surface area contributed by atoms with E-state index >= 15 is 0 Å². The van der Waals surface area contributed by atoms with Crippen LogP contribution >= 0.6 is 24.8 Å². The maximum atomic E-state index is 11.7. The molecule has 21 heavy (non-hydrogen) atoms. The van der Waals surface area contributed by atoms with Crippen molar-refractivity contribution in [1.82, 2.24) is 9.88 Å². The van der Waals surface area contributed by atoms with Crippen LogP contribution in [0, 0.1) is 0 Å². The van der Waals surface area contributed by atoms with Gasteiger partial charge < -0.3 is 15.6 Å². The SMILES string of the molecule is Cl.Cl.NC1(C(=O)NCCCn2ccc3ccccc32)CC1. The summed E-state index contributed by atoms with van der Waals surface area (Å²) in [6.45, 7) is 1.59. The number of para-hydroxylation sites is 1. The molecule has 1 aliphatic rings. The van der Waals surface area contributed by atoms with Crippen LogP contribution in [0.5, 0.6) is 0 Å². The lowest BCUT2D eigenvalue weighted by Crippen LogP contribution is -2.43. The number of carbonyl (C=O) groups excluding carboxylic acids is 1. The summed E-state index contributed by atoms with van der Waals surface area (Å²) in [5.41, 5.74) is 6.51. The standard InChI is InChI=1S/C15H19N3O.2ClH/c16-15(7-8-15)14(19)17-9-3-10-18-11-6-12-4-1-2-5-13(12)18;;/h1-2,4-6,11H,3,7-10,16H2,(H,17,19);2*1H. The number of hydrogen-bond donors (Lipinski definition) is 2. The Hall–Kier alpha value is -1.23. The number of nitrogens with two attached hydrogens (primary N) is 1. The summed E-state index contributed by atoms with van der Waals surface area (Å²) >= 11 is 0. The second kappa shape index (κ2) is 7.16. The number of carbonyl (C=O) groups is 1. The number of aromatic nitrogens is 1. The summed E-state index contributed by atoms with van der Waals surface area (Å²) in [7, 11) is 0. The number of nitrogens with zero attached hydrogens (tertiary/aromatic N) is 1. The molecule has 1 heterocycles. The van der Waals surface area contributed by atoms with Crippen molar-refractivity contribution in [1.29, 1.82) is 0 Å². The Balaban J connectivity index is 0.00000110. The number of amides is 1. The van der Waals surface area contributed by atoms with Crippen LogP contribution in [-0.4, -0.2) is 22.6 Å². The van der Waals surface area contributed by atoms with Gasteiger partial charge in [-0.05, 0) is 36.8 Å². The van der Waals surface area contributed by atoms with Gasteiger partial charge in [0.1, 0.15) is 0 Å². The highest BCUT2D eigenvalue weighted by molar-refractivity contribution is 5.88. The van der Waals surface area contributed by atoms with E-state index in [2.05, 4.69) is 34.3 Å². The quantitative estimate of drug-likeness (QED) is 0.828. The lowest BCUT2D eigenvalue weighted by atomic mass is 10.2. The van der Waals surface area contributed by atoms with E-state index in [1.165, 1.54) is 10.9 Å². The van der Waals surface area contributed by atoms with Gasteiger partial charge in [-0.15, -0.1) is 24.8 Å². The molecule has 1 aromatic heterocycles. The number of aryl methyl sites for hydroxylation is 1. The molecular formula is C15H21Cl2N3O. The minimum atomic E-state index is -0.555. The average molecular weight is 330 g/mol. The molecule has 1 saturated carbocycles. The molecular weight excluding hydrogens is 309 g/mol. The second-order valence-electron chi connectivity index (χ2n) is 5.33. The van der Waals surface area contributed by atoms with E-state index in [-0.39, 0.29) is 30.7 Å². The van der Waals surface area contributed by atoms with Gasteiger partial charge in [-0.2, -0.15) is 0 Å². The zero-order chi connectivity index (χ0) is 13.3. The van der Waals surface area contributed by atoms with E-state index in [1.807, 2.05) is 12.1 Å². The van der Waals surface area contributed by atoms with Crippen LogP contribution in [-0.2, 0) is 11.3 Å². The molecule has 0 spiro atoms. The molecule has 3 rings (SSSR count). The fourth-order valence-electron chi connectivity index (χ4n) is 2.32. The van der Waals surface area contributed by atoms with Crippen LogP contribution in [0.15, 0.2) is 36.5 Å². The van der Waals surface area contributed by atoms with Crippen molar-refractivity contribution in [2.24, 2.45) is 5.73 Å². The maximum absolute atomic E-state index is 11.7. The van der Waals surface area contributed by atoms with Crippen molar-refractivity contribution in [2.75, 3.05) is 6.54 Å². The third-order valence-electron chi connectivity index (χ3n) is 3.78. The molecule has 1 aliphatic carbocycles. The van der Waals surface area contributed by atoms with E-state index in [0.717, 1.165) is 25.8 Å². The van der Waals surface area contributed by atoms with Gasteiger partial charge in [0, 0.05) is 24.8 Å². The first-order valence-electron chi connectivity index (χ1n) is 6.80. The first-order valence-corrected chi connectivity index (χ1v) is 6.80. The number of halogens is 2. The van der Waals surface area contributed by atoms with Gasteiger partial charge >= 0.3 is 0 Å². The van der Waals surface area contributed by atoms with Gasteiger partial charge in [0.2, 0.25) is 5.91 Å². The molecule has 4 nitrogen and oxygen atoms in total. The Kier molecular flexibility index (Phi) is 6.08. The Morgan fingerprint density at radius 3 is 2.67 bits per heavy atom. The molecule has 3 N–H and O–H groups in total. The van der Waals surface area contributed by atoms with Gasteiger partial charge in [-0.1, -0.05) is 18.2 Å². The third-order valence-corrected chi connectivity index (χ3v) is 3.78. The Morgan fingerprint density at radius 2 is 1.95 bits per heavy atom. The molecule has 1 amide bonds. The Morgan fingerprint density at radius 1 is 1.24 bits per heavy atom. The van der Waals surface area contributed by atoms with Crippen LogP contribution in [0.2, 0.25) is 0 Å². The zero-order valence-electron chi connectivity index (χ0n) is 11.7. The van der Waals surface area contributed by atoms with Crippen molar-refractivity contribution in [3.05, 3.63) is 36.5 Å². The van der Waals surface area contributed by atoms with Crippen LogP contribution in [0.1, 0.15) is 19.3 Å². The Labute approximate surface area is 136 Å². The van der Waals surface area contributed by atoms with Gasteiger partial charge in [0.25, 0.3) is 0 Å². The first kappa shape index (κ1) is 17.8. The molecule has 2 aromatic rings. The molecule has 0 unspecified atom stereocenters. The number of hydrogen-bond acceptors (Lipinski definition) is 2. The fourth-order valence-corrected chi connectivity index (χ4v) is 2.32. The topological polar surface area (TPSA) is 60.1 Å². The van der Waals surface area contributed by atoms with Crippen molar-refractivity contribution in [2.45, 2.75) is 31.3 Å². The second-order valence-corrected chi connectivity index (χ2v) is 5.33. The Bertz CT molecular complexity index is 608. The van der Waals surface area contributed by atoms with Crippen LogP contribution in [0.25, 0.3) is 10.9 Å². The minimum absolute atomic E-state index is 0. The maximum Gasteiger partial charge on any atom is 0.240 e. The highest BCUT2D eigenvalue weighted by atomic mass is 35.5. The fraction of sp³-hybridized carbons (Fsp3) is 0.400. The smallest absolute Gasteiger partial charge is 0.240 e. The molecule has 1 fully saturated rings. The highest BCUT2D eigenvalue weighted by Crippen LogP contribution is 2.31. The minimum Gasteiger partial charge on any atom is -0.354 e. The predicted molar refractivity (Wildman–Crippen MR) is 90.2 cm³/mol. The number of nitrogens with one attached hydrogen (secondary N) is 1. The average Bonchev–Trinajstić information content (AvgIpc) is 3.05. The largest absolute Gasteiger partial charge is 0.354 e. The first-order chi connectivity index (χ1) is 9.19.